The summed E-state index contributed by atoms with van der Waals surface area (Å²) in [6.07, 6.45) is 5.56. The van der Waals surface area contributed by atoms with Crippen LogP contribution < -0.4 is 4.74 Å². The average molecular weight is 298 g/mol. The smallest absolute Gasteiger partial charge is 0.333 e. The van der Waals surface area contributed by atoms with Crippen LogP contribution in [0.1, 0.15) is 24.8 Å². The first kappa shape index (κ1) is 14.9. The number of ether oxygens (including phenoxy) is 2. The first-order valence-electron chi connectivity index (χ1n) is 7.92. The molecule has 2 aliphatic carbocycles. The van der Waals surface area contributed by atoms with Crippen molar-refractivity contribution in [2.75, 3.05) is 13.2 Å². The molecule has 1 aromatic carbocycles. The van der Waals surface area contributed by atoms with Gasteiger partial charge in [-0.25, -0.2) is 4.79 Å². The molecular formula is C19H22O3. The lowest BCUT2D eigenvalue weighted by molar-refractivity contribution is -0.140. The van der Waals surface area contributed by atoms with Gasteiger partial charge in [-0.3, -0.25) is 0 Å². The molecule has 0 aliphatic heterocycles. The summed E-state index contributed by atoms with van der Waals surface area (Å²) >= 11 is 0. The lowest BCUT2D eigenvalue weighted by Crippen LogP contribution is -2.15. The van der Waals surface area contributed by atoms with Crippen molar-refractivity contribution in [2.24, 2.45) is 17.8 Å². The SMILES string of the molecule is C=Cc1ccc(OCCOC(=O)C(=C)C2C3CCCC32)cc1. The minimum atomic E-state index is -0.259. The second kappa shape index (κ2) is 6.39. The van der Waals surface area contributed by atoms with Crippen LogP contribution in [0.15, 0.2) is 43.0 Å². The van der Waals surface area contributed by atoms with Gasteiger partial charge in [0.05, 0.1) is 0 Å². The van der Waals surface area contributed by atoms with Crippen LogP contribution in [0.3, 0.4) is 0 Å². The van der Waals surface area contributed by atoms with E-state index in [2.05, 4.69) is 13.2 Å². The second-order valence-electron chi connectivity index (χ2n) is 6.07. The van der Waals surface area contributed by atoms with E-state index in [0.29, 0.717) is 29.9 Å². The van der Waals surface area contributed by atoms with Crippen LogP contribution in [0.4, 0.5) is 0 Å². The number of fused-ring (bicyclic) bond motifs is 1. The third kappa shape index (κ3) is 3.08. The molecule has 2 atom stereocenters. The molecule has 2 fully saturated rings. The summed E-state index contributed by atoms with van der Waals surface area (Å²) in [5, 5.41) is 0. The standard InChI is InChI=1S/C19H22O3/c1-3-14-7-9-15(10-8-14)21-11-12-22-19(20)13(2)18-16-5-4-6-17(16)18/h3,7-10,16-18H,1-2,4-6,11-12H2. The van der Waals surface area contributed by atoms with E-state index in [0.717, 1.165) is 11.3 Å². The summed E-state index contributed by atoms with van der Waals surface area (Å²) in [5.74, 6) is 2.27. The Kier molecular flexibility index (Phi) is 4.32. The van der Waals surface area contributed by atoms with Gasteiger partial charge < -0.3 is 9.47 Å². The molecule has 0 saturated heterocycles. The fraction of sp³-hybridized carbons (Fsp3) is 0.421. The number of hydrogen-bond acceptors (Lipinski definition) is 3. The Hall–Kier alpha value is -2.03. The molecule has 2 unspecified atom stereocenters. The Morgan fingerprint density at radius 3 is 2.50 bits per heavy atom. The van der Waals surface area contributed by atoms with Crippen LogP contribution in [0.5, 0.6) is 5.75 Å². The van der Waals surface area contributed by atoms with Crippen LogP contribution in [-0.2, 0) is 9.53 Å². The minimum absolute atomic E-state index is 0.253. The Labute approximate surface area is 131 Å². The van der Waals surface area contributed by atoms with Crippen LogP contribution >= 0.6 is 0 Å². The molecule has 0 aromatic heterocycles. The highest BCUT2D eigenvalue weighted by Crippen LogP contribution is 2.60. The first-order chi connectivity index (χ1) is 10.7. The van der Waals surface area contributed by atoms with Gasteiger partial charge >= 0.3 is 5.97 Å². The van der Waals surface area contributed by atoms with Crippen LogP contribution in [0.25, 0.3) is 6.08 Å². The number of hydrogen-bond donors (Lipinski definition) is 0. The van der Waals surface area contributed by atoms with Gasteiger partial charge in [0.1, 0.15) is 19.0 Å². The van der Waals surface area contributed by atoms with E-state index in [1.807, 2.05) is 24.3 Å². The Balaban J connectivity index is 1.36. The van der Waals surface area contributed by atoms with Crippen LogP contribution in [0, 0.1) is 17.8 Å². The molecule has 0 spiro atoms. The predicted molar refractivity (Wildman–Crippen MR) is 86.4 cm³/mol. The zero-order chi connectivity index (χ0) is 15.5. The highest BCUT2D eigenvalue weighted by Gasteiger charge is 2.55. The molecule has 3 nitrogen and oxygen atoms in total. The van der Waals surface area contributed by atoms with Crippen molar-refractivity contribution in [2.45, 2.75) is 19.3 Å². The number of carbonyl (C=O) groups is 1. The highest BCUT2D eigenvalue weighted by molar-refractivity contribution is 5.89. The quantitative estimate of drug-likeness (QED) is 0.436. The lowest BCUT2D eigenvalue weighted by Gasteiger charge is -2.10. The van der Waals surface area contributed by atoms with E-state index in [-0.39, 0.29) is 12.6 Å². The van der Waals surface area contributed by atoms with E-state index < -0.39 is 0 Å². The third-order valence-electron chi connectivity index (χ3n) is 4.77. The number of rotatable bonds is 7. The lowest BCUT2D eigenvalue weighted by atomic mass is 10.1. The monoisotopic (exact) mass is 298 g/mol. The van der Waals surface area contributed by atoms with E-state index >= 15 is 0 Å². The molecule has 0 bridgehead atoms. The topological polar surface area (TPSA) is 35.5 Å². The number of benzene rings is 1. The molecule has 2 aliphatic rings. The number of esters is 1. The zero-order valence-corrected chi connectivity index (χ0v) is 12.8. The first-order valence-corrected chi connectivity index (χ1v) is 7.92. The third-order valence-corrected chi connectivity index (χ3v) is 4.77. The van der Waals surface area contributed by atoms with Crippen molar-refractivity contribution in [3.05, 3.63) is 48.6 Å². The summed E-state index contributed by atoms with van der Waals surface area (Å²) in [4.78, 5) is 12.0. The molecule has 3 heteroatoms. The van der Waals surface area contributed by atoms with E-state index in [1.54, 1.807) is 6.08 Å². The van der Waals surface area contributed by atoms with Gasteiger partial charge in [-0.1, -0.05) is 37.8 Å². The van der Waals surface area contributed by atoms with Crippen molar-refractivity contribution in [3.8, 4) is 5.75 Å². The molecule has 3 rings (SSSR count). The van der Waals surface area contributed by atoms with E-state index in [1.165, 1.54) is 19.3 Å². The zero-order valence-electron chi connectivity index (χ0n) is 12.8. The van der Waals surface area contributed by atoms with E-state index in [9.17, 15) is 4.79 Å². The molecule has 0 amide bonds. The largest absolute Gasteiger partial charge is 0.490 e. The summed E-state index contributed by atoms with van der Waals surface area (Å²) in [6, 6.07) is 7.62. The van der Waals surface area contributed by atoms with Crippen molar-refractivity contribution in [1.82, 2.24) is 0 Å². The summed E-state index contributed by atoms with van der Waals surface area (Å²) in [7, 11) is 0. The van der Waals surface area contributed by atoms with Crippen molar-refractivity contribution >= 4 is 12.0 Å². The summed E-state index contributed by atoms with van der Waals surface area (Å²) in [6.45, 7) is 8.24. The Morgan fingerprint density at radius 2 is 1.86 bits per heavy atom. The van der Waals surface area contributed by atoms with Gasteiger partial charge in [-0.05, 0) is 48.3 Å². The van der Waals surface area contributed by atoms with Gasteiger partial charge in [0.25, 0.3) is 0 Å². The van der Waals surface area contributed by atoms with Crippen LogP contribution in [-0.4, -0.2) is 19.2 Å². The van der Waals surface area contributed by atoms with Gasteiger partial charge in [0.2, 0.25) is 0 Å². The molecule has 0 radical (unpaired) electrons. The maximum Gasteiger partial charge on any atom is 0.333 e. The minimum Gasteiger partial charge on any atom is -0.490 e. The van der Waals surface area contributed by atoms with Crippen molar-refractivity contribution in [1.29, 1.82) is 0 Å². The summed E-state index contributed by atoms with van der Waals surface area (Å²) in [5.41, 5.74) is 1.70. The van der Waals surface area contributed by atoms with Gasteiger partial charge in [0, 0.05) is 5.57 Å². The number of carbonyl (C=O) groups excluding carboxylic acids is 1. The fourth-order valence-corrected chi connectivity index (χ4v) is 3.56. The van der Waals surface area contributed by atoms with E-state index in [4.69, 9.17) is 9.47 Å². The van der Waals surface area contributed by atoms with Crippen molar-refractivity contribution < 1.29 is 14.3 Å². The predicted octanol–water partition coefficient (Wildman–Crippen LogP) is 3.85. The molecular weight excluding hydrogens is 276 g/mol. The highest BCUT2D eigenvalue weighted by atomic mass is 16.6. The molecule has 0 N–H and O–H groups in total. The normalized spacial score (nSPS) is 25.2. The fourth-order valence-electron chi connectivity index (χ4n) is 3.56. The van der Waals surface area contributed by atoms with Crippen LogP contribution in [0.2, 0.25) is 0 Å². The van der Waals surface area contributed by atoms with Gasteiger partial charge in [-0.15, -0.1) is 0 Å². The van der Waals surface area contributed by atoms with Crippen molar-refractivity contribution in [3.63, 3.8) is 0 Å². The second-order valence-corrected chi connectivity index (χ2v) is 6.07. The van der Waals surface area contributed by atoms with Gasteiger partial charge in [-0.2, -0.15) is 0 Å². The Bertz CT molecular complexity index is 563. The molecule has 2 saturated carbocycles. The molecule has 116 valence electrons. The maximum atomic E-state index is 12.0. The maximum absolute atomic E-state index is 12.0. The molecule has 1 aromatic rings. The van der Waals surface area contributed by atoms with Gasteiger partial charge in [0.15, 0.2) is 0 Å². The Morgan fingerprint density at radius 1 is 1.18 bits per heavy atom. The summed E-state index contributed by atoms with van der Waals surface area (Å²) < 4.78 is 10.8. The molecule has 22 heavy (non-hydrogen) atoms. The average Bonchev–Trinajstić information content (AvgIpc) is 3.02. The molecule has 0 heterocycles.